The minimum absolute atomic E-state index is 0.105. The molecular weight excluding hydrogens is 332 g/mol. The van der Waals surface area contributed by atoms with Crippen LogP contribution in [0.15, 0.2) is 42.5 Å². The molecule has 1 aliphatic carbocycles. The average molecular weight is 352 g/mol. The predicted octanol–water partition coefficient (Wildman–Crippen LogP) is 5.73. The van der Waals surface area contributed by atoms with E-state index in [1.165, 1.54) is 24.1 Å². The van der Waals surface area contributed by atoms with Gasteiger partial charge in [0.05, 0.1) is 10.0 Å². The maximum absolute atomic E-state index is 13.0. The van der Waals surface area contributed by atoms with Crippen LogP contribution in [0.1, 0.15) is 37.3 Å². The van der Waals surface area contributed by atoms with Crippen LogP contribution in [0.5, 0.6) is 0 Å². The topological polar surface area (TPSA) is 12.0 Å². The minimum Gasteiger partial charge on any atom is -0.309 e. The lowest BCUT2D eigenvalue weighted by Crippen LogP contribution is -2.50. The van der Waals surface area contributed by atoms with Crippen molar-refractivity contribution in [2.24, 2.45) is 0 Å². The fourth-order valence-electron chi connectivity index (χ4n) is 3.40. The van der Waals surface area contributed by atoms with Gasteiger partial charge in [-0.15, -0.1) is 0 Å². The van der Waals surface area contributed by atoms with Crippen LogP contribution in [0.25, 0.3) is 0 Å². The first-order valence-electron chi connectivity index (χ1n) is 7.95. The van der Waals surface area contributed by atoms with Gasteiger partial charge in [-0.1, -0.05) is 47.8 Å². The van der Waals surface area contributed by atoms with E-state index in [-0.39, 0.29) is 11.2 Å². The van der Waals surface area contributed by atoms with Crippen LogP contribution in [-0.4, -0.2) is 6.04 Å². The van der Waals surface area contributed by atoms with Crippen molar-refractivity contribution in [1.29, 1.82) is 0 Å². The normalized spacial score (nSPS) is 17.6. The van der Waals surface area contributed by atoms with Crippen LogP contribution in [0.2, 0.25) is 10.0 Å². The summed E-state index contributed by atoms with van der Waals surface area (Å²) in [6, 6.07) is 12.9. The van der Waals surface area contributed by atoms with Gasteiger partial charge in [-0.05, 0) is 55.2 Å². The summed E-state index contributed by atoms with van der Waals surface area (Å²) in [4.78, 5) is 0. The molecule has 0 spiro atoms. The van der Waals surface area contributed by atoms with Crippen LogP contribution in [0.4, 0.5) is 4.39 Å². The van der Waals surface area contributed by atoms with Crippen LogP contribution < -0.4 is 5.32 Å². The fraction of sp³-hybridized carbons (Fsp3) is 0.368. The van der Waals surface area contributed by atoms with E-state index in [1.807, 2.05) is 24.3 Å². The number of halogens is 3. The third-order valence-corrected chi connectivity index (χ3v) is 5.83. The molecule has 1 atom stereocenters. The van der Waals surface area contributed by atoms with Crippen molar-refractivity contribution in [2.75, 3.05) is 0 Å². The molecule has 0 heterocycles. The number of benzene rings is 2. The first-order valence-corrected chi connectivity index (χ1v) is 8.70. The molecule has 0 aliphatic heterocycles. The van der Waals surface area contributed by atoms with Crippen molar-refractivity contribution in [3.8, 4) is 0 Å². The molecule has 2 aromatic carbocycles. The Bertz CT molecular complexity index is 680. The SMILES string of the molecule is CC(NCc1ccc(F)cc1)C1(c2ccc(Cl)c(Cl)c2)CCC1. The molecule has 1 aliphatic rings. The summed E-state index contributed by atoms with van der Waals surface area (Å²) in [5.41, 5.74) is 2.44. The molecule has 1 N–H and O–H groups in total. The van der Waals surface area contributed by atoms with Gasteiger partial charge < -0.3 is 5.32 Å². The summed E-state index contributed by atoms with van der Waals surface area (Å²) in [6.45, 7) is 2.94. The molecule has 4 heteroatoms. The second kappa shape index (κ2) is 6.80. The molecule has 0 amide bonds. The highest BCUT2D eigenvalue weighted by Gasteiger charge is 2.43. The zero-order valence-corrected chi connectivity index (χ0v) is 14.6. The van der Waals surface area contributed by atoms with Crippen molar-refractivity contribution >= 4 is 23.2 Å². The molecule has 1 unspecified atom stereocenters. The molecule has 2 aromatic rings. The number of hydrogen-bond donors (Lipinski definition) is 1. The minimum atomic E-state index is -0.201. The van der Waals surface area contributed by atoms with E-state index in [0.29, 0.717) is 16.1 Å². The van der Waals surface area contributed by atoms with E-state index in [1.54, 1.807) is 0 Å². The van der Waals surface area contributed by atoms with E-state index in [4.69, 9.17) is 23.2 Å². The standard InChI is InChI=1S/C19H20Cl2FN/c1-13(23-12-14-3-6-16(22)7-4-14)19(9-2-10-19)15-5-8-17(20)18(21)11-15/h3-8,11,13,23H,2,9-10,12H2,1H3. The highest BCUT2D eigenvalue weighted by atomic mass is 35.5. The van der Waals surface area contributed by atoms with Crippen LogP contribution in [-0.2, 0) is 12.0 Å². The Morgan fingerprint density at radius 1 is 1.09 bits per heavy atom. The van der Waals surface area contributed by atoms with Crippen molar-refractivity contribution in [1.82, 2.24) is 5.32 Å². The first kappa shape index (κ1) is 16.8. The summed E-state index contributed by atoms with van der Waals surface area (Å²) in [7, 11) is 0. The van der Waals surface area contributed by atoms with E-state index in [2.05, 4.69) is 18.3 Å². The molecule has 3 rings (SSSR count). The lowest BCUT2D eigenvalue weighted by Gasteiger charge is -2.47. The zero-order valence-electron chi connectivity index (χ0n) is 13.1. The third-order valence-electron chi connectivity index (χ3n) is 5.09. The molecule has 0 bridgehead atoms. The summed E-state index contributed by atoms with van der Waals surface area (Å²) in [6.07, 6.45) is 3.51. The molecular formula is C19H20Cl2FN. The average Bonchev–Trinajstić information content (AvgIpc) is 2.49. The van der Waals surface area contributed by atoms with Gasteiger partial charge >= 0.3 is 0 Å². The Balaban J connectivity index is 1.74. The van der Waals surface area contributed by atoms with Gasteiger partial charge in [-0.2, -0.15) is 0 Å². The van der Waals surface area contributed by atoms with Gasteiger partial charge in [-0.3, -0.25) is 0 Å². The van der Waals surface area contributed by atoms with Gasteiger partial charge in [0.25, 0.3) is 0 Å². The second-order valence-electron chi connectivity index (χ2n) is 6.37. The van der Waals surface area contributed by atoms with E-state index >= 15 is 0 Å². The zero-order chi connectivity index (χ0) is 16.4. The molecule has 0 radical (unpaired) electrons. The van der Waals surface area contributed by atoms with Crippen LogP contribution >= 0.6 is 23.2 Å². The number of hydrogen-bond acceptors (Lipinski definition) is 1. The summed E-state index contributed by atoms with van der Waals surface area (Å²) in [5, 5.41) is 4.80. The predicted molar refractivity (Wildman–Crippen MR) is 94.7 cm³/mol. The van der Waals surface area contributed by atoms with Gasteiger partial charge in [0.2, 0.25) is 0 Å². The Kier molecular flexibility index (Phi) is 4.96. The summed E-state index contributed by atoms with van der Waals surface area (Å²) in [5.74, 6) is -0.201. The first-order chi connectivity index (χ1) is 11.0. The van der Waals surface area contributed by atoms with E-state index < -0.39 is 0 Å². The van der Waals surface area contributed by atoms with Crippen molar-refractivity contribution < 1.29 is 4.39 Å². The maximum atomic E-state index is 13.0. The Labute approximate surface area is 146 Å². The highest BCUT2D eigenvalue weighted by molar-refractivity contribution is 6.42. The van der Waals surface area contributed by atoms with Crippen molar-refractivity contribution in [3.05, 3.63) is 69.5 Å². The molecule has 0 aromatic heterocycles. The van der Waals surface area contributed by atoms with Crippen molar-refractivity contribution in [3.63, 3.8) is 0 Å². The number of rotatable bonds is 5. The molecule has 0 saturated heterocycles. The lowest BCUT2D eigenvalue weighted by atomic mass is 9.60. The quantitative estimate of drug-likeness (QED) is 0.724. The van der Waals surface area contributed by atoms with Crippen LogP contribution in [0, 0.1) is 5.82 Å². The Morgan fingerprint density at radius 2 is 1.78 bits per heavy atom. The lowest BCUT2D eigenvalue weighted by molar-refractivity contribution is 0.178. The summed E-state index contributed by atoms with van der Waals surface area (Å²) < 4.78 is 13.0. The highest BCUT2D eigenvalue weighted by Crippen LogP contribution is 2.47. The second-order valence-corrected chi connectivity index (χ2v) is 7.18. The summed E-state index contributed by atoms with van der Waals surface area (Å²) >= 11 is 12.3. The van der Waals surface area contributed by atoms with Crippen molar-refractivity contribution in [2.45, 2.75) is 44.2 Å². The van der Waals surface area contributed by atoms with E-state index in [9.17, 15) is 4.39 Å². The van der Waals surface area contributed by atoms with Crippen LogP contribution in [0.3, 0.4) is 0 Å². The molecule has 23 heavy (non-hydrogen) atoms. The van der Waals surface area contributed by atoms with Gasteiger partial charge in [-0.25, -0.2) is 4.39 Å². The third kappa shape index (κ3) is 3.40. The molecule has 1 nitrogen and oxygen atoms in total. The Hall–Kier alpha value is -1.09. The number of nitrogens with one attached hydrogen (secondary N) is 1. The fourth-order valence-corrected chi connectivity index (χ4v) is 3.70. The monoisotopic (exact) mass is 351 g/mol. The molecule has 122 valence electrons. The molecule has 1 fully saturated rings. The maximum Gasteiger partial charge on any atom is 0.123 e. The van der Waals surface area contributed by atoms with Gasteiger partial charge in [0, 0.05) is 18.0 Å². The Morgan fingerprint density at radius 3 is 2.35 bits per heavy atom. The molecule has 1 saturated carbocycles. The van der Waals surface area contributed by atoms with E-state index in [0.717, 1.165) is 24.9 Å². The largest absolute Gasteiger partial charge is 0.309 e. The van der Waals surface area contributed by atoms with Gasteiger partial charge in [0.15, 0.2) is 0 Å². The van der Waals surface area contributed by atoms with Gasteiger partial charge in [0.1, 0.15) is 5.82 Å². The smallest absolute Gasteiger partial charge is 0.123 e.